The van der Waals surface area contributed by atoms with Crippen molar-refractivity contribution in [1.82, 2.24) is 0 Å². The van der Waals surface area contributed by atoms with Crippen LogP contribution in [0.5, 0.6) is 0 Å². The third-order valence-corrected chi connectivity index (χ3v) is 21.9. The van der Waals surface area contributed by atoms with E-state index in [0.717, 1.165) is 86.7 Å². The summed E-state index contributed by atoms with van der Waals surface area (Å²) in [5, 5.41) is 0. The van der Waals surface area contributed by atoms with Crippen molar-refractivity contribution in [1.29, 1.82) is 0 Å². The van der Waals surface area contributed by atoms with Gasteiger partial charge >= 0.3 is 16.5 Å². The molecule has 2 nitrogen and oxygen atoms in total. The smallest absolute Gasteiger partial charge is 0.493 e. The number of nitrogens with zero attached hydrogens (tertiary/aromatic N) is 2. The van der Waals surface area contributed by atoms with E-state index in [1.165, 1.54) is 418 Å². The summed E-state index contributed by atoms with van der Waals surface area (Å²) >= 11 is 0. The zero-order valence-electron chi connectivity index (χ0n) is 72.3. The van der Waals surface area contributed by atoms with Gasteiger partial charge in [0.25, 0.3) is 0 Å². The standard InChI is InChI=1S/C43H58N2.2C30H61.Ni/c1-6-11-16-21-25-35-28-36(26-22-17-12-7-2)31-40(30-35)42-34-39(27-20-15-10-5)43(45(42)44)41-32-37(23-18-13-8-3)29-38(33-41)24-19-14-9-4;2*1-3-5-7-9-11-13-15-17-19-21-23-25-27-29-30-28-26-24-22-20-18-16-14-12-10-8-6-4-2;/h18-19,21-26,28-34H,6-17,20,27H2,1-5H3;2*1,3-30H2,2H3;/q;2*-1;+2. The fraction of sp³-hybridized carbons (Fsp3) is 0.748. The van der Waals surface area contributed by atoms with Crippen LogP contribution in [0.3, 0.4) is 0 Å². The molecule has 0 fully saturated rings. The fourth-order valence-corrected chi connectivity index (χ4v) is 15.0. The predicted octanol–water partition coefficient (Wildman–Crippen LogP) is 37.6. The number of hydrogen-bond acceptors (Lipinski definition) is 0. The van der Waals surface area contributed by atoms with Gasteiger partial charge in [-0.25, -0.2) is 4.70 Å². The Morgan fingerprint density at radius 1 is 0.255 bits per heavy atom. The monoisotopic (exact) mass is 1500 g/mol. The molecule has 612 valence electrons. The average molecular weight is 1510 g/mol. The largest absolute Gasteiger partial charge is 2.00 e. The molecule has 0 bridgehead atoms. The van der Waals surface area contributed by atoms with E-state index in [4.69, 9.17) is 0 Å². The third kappa shape index (κ3) is 63.6. The van der Waals surface area contributed by atoms with Crippen LogP contribution in [0.25, 0.3) is 41.2 Å². The Hall–Kier alpha value is -3.03. The molecule has 0 amide bonds. The van der Waals surface area contributed by atoms with E-state index in [1.54, 1.807) is 0 Å². The van der Waals surface area contributed by atoms with Gasteiger partial charge in [0.2, 0.25) is 11.4 Å². The van der Waals surface area contributed by atoms with Crippen molar-refractivity contribution in [3.05, 3.63) is 125 Å². The summed E-state index contributed by atoms with van der Waals surface area (Å²) in [6.07, 6.45) is 118. The molecule has 2 aromatic carbocycles. The van der Waals surface area contributed by atoms with Crippen LogP contribution in [0.2, 0.25) is 0 Å². The molecule has 0 spiro atoms. The van der Waals surface area contributed by atoms with Crippen LogP contribution in [0.15, 0.2) is 72.4 Å². The van der Waals surface area contributed by atoms with Crippen molar-refractivity contribution < 1.29 is 21.2 Å². The van der Waals surface area contributed by atoms with Gasteiger partial charge < -0.3 is 19.4 Å². The molecule has 0 N–H and O–H groups in total. The van der Waals surface area contributed by atoms with Gasteiger partial charge in [-0.05, 0) is 97.2 Å². The SMILES string of the molecule is CCCC=Cc1cc(C=CCCC)cc(C2=C(CCCCC)C=C(c3cc(C=CCCCC)cc(C=CCCCC)c3)[N+]2=[N-])c1.[CH2-]CCCCCCCCCCCCCCCCCCCCCCCCCCCCC.[CH2-]CCCCCCCCCCCCCCCCCCCCCCCCCCCCC.[Ni+2]. The first kappa shape index (κ1) is 103. The summed E-state index contributed by atoms with van der Waals surface area (Å²) in [7, 11) is 0. The van der Waals surface area contributed by atoms with Gasteiger partial charge in [0.05, 0.1) is 0 Å². The minimum Gasteiger partial charge on any atom is -0.493 e. The van der Waals surface area contributed by atoms with Gasteiger partial charge in [-0.2, -0.15) is 12.8 Å². The van der Waals surface area contributed by atoms with Gasteiger partial charge in [-0.1, -0.05) is 495 Å². The molecule has 1 heterocycles. The quantitative estimate of drug-likeness (QED) is 0.0273. The molecular formula is C103H180N2Ni. The molecule has 0 aliphatic carbocycles. The second-order valence-electron chi connectivity index (χ2n) is 32.5. The maximum atomic E-state index is 12.0. The van der Waals surface area contributed by atoms with E-state index in [1.807, 2.05) is 0 Å². The zero-order valence-corrected chi connectivity index (χ0v) is 73.3. The van der Waals surface area contributed by atoms with Crippen LogP contribution >= 0.6 is 0 Å². The predicted molar refractivity (Wildman–Crippen MR) is 481 cm³/mol. The first-order chi connectivity index (χ1) is 51.9. The maximum Gasteiger partial charge on any atom is 2.00 e. The van der Waals surface area contributed by atoms with E-state index < -0.39 is 0 Å². The molecule has 0 saturated heterocycles. The molecule has 0 atom stereocenters. The van der Waals surface area contributed by atoms with Gasteiger partial charge in [0, 0.05) is 22.8 Å². The summed E-state index contributed by atoms with van der Waals surface area (Å²) in [6.45, 7) is 23.6. The average Bonchev–Trinajstić information content (AvgIpc) is 1.62. The van der Waals surface area contributed by atoms with Crippen molar-refractivity contribution in [3.63, 3.8) is 0 Å². The first-order valence-electron chi connectivity index (χ1n) is 47.4. The topological polar surface area (TPSA) is 25.3 Å². The van der Waals surface area contributed by atoms with Crippen LogP contribution in [-0.4, -0.2) is 4.70 Å². The molecule has 1 aliphatic heterocycles. The van der Waals surface area contributed by atoms with Crippen molar-refractivity contribution in [2.45, 2.75) is 498 Å². The van der Waals surface area contributed by atoms with Gasteiger partial charge in [-0.15, -0.1) is 0 Å². The Labute approximate surface area is 675 Å². The van der Waals surface area contributed by atoms with Crippen LogP contribution in [0, 0.1) is 13.8 Å². The minimum absolute atomic E-state index is 0. The first-order valence-corrected chi connectivity index (χ1v) is 47.4. The summed E-state index contributed by atoms with van der Waals surface area (Å²) in [5.41, 5.74) is 21.8. The summed E-state index contributed by atoms with van der Waals surface area (Å²) in [6, 6.07) is 13.5. The summed E-state index contributed by atoms with van der Waals surface area (Å²) < 4.78 is 1.47. The Balaban J connectivity index is 0.00000161. The summed E-state index contributed by atoms with van der Waals surface area (Å²) in [5.74, 6) is 0. The Kier molecular flexibility index (Phi) is 80.6. The molecule has 0 aromatic heterocycles. The van der Waals surface area contributed by atoms with E-state index in [0.29, 0.717) is 0 Å². The van der Waals surface area contributed by atoms with Crippen molar-refractivity contribution in [2.75, 3.05) is 0 Å². The molecule has 106 heavy (non-hydrogen) atoms. The second-order valence-corrected chi connectivity index (χ2v) is 32.5. The van der Waals surface area contributed by atoms with Crippen LogP contribution in [0.1, 0.15) is 531 Å². The molecule has 2 aromatic rings. The number of allylic oxidation sites excluding steroid dienone is 6. The Morgan fingerprint density at radius 3 is 0.708 bits per heavy atom. The maximum absolute atomic E-state index is 12.0. The normalized spacial score (nSPS) is 12.4. The van der Waals surface area contributed by atoms with Crippen molar-refractivity contribution in [2.24, 2.45) is 0 Å². The van der Waals surface area contributed by atoms with Crippen LogP contribution in [-0.2, 0) is 16.5 Å². The molecular weight excluding hydrogens is 1320 g/mol. The Bertz CT molecular complexity index is 2190. The number of hydrogen-bond donors (Lipinski definition) is 0. The number of benzene rings is 2. The van der Waals surface area contributed by atoms with Crippen molar-refractivity contribution >= 4 is 35.7 Å². The second kappa shape index (κ2) is 82.9. The molecule has 3 rings (SSSR count). The van der Waals surface area contributed by atoms with E-state index in [9.17, 15) is 5.53 Å². The van der Waals surface area contributed by atoms with Crippen LogP contribution < -0.4 is 0 Å². The van der Waals surface area contributed by atoms with Gasteiger partial charge in [-0.3, -0.25) is 0 Å². The van der Waals surface area contributed by atoms with E-state index in [-0.39, 0.29) is 16.5 Å². The third-order valence-electron chi connectivity index (χ3n) is 21.9. The number of unbranched alkanes of at least 4 members (excludes halogenated alkanes) is 62. The molecule has 0 radical (unpaired) electrons. The minimum atomic E-state index is 0. The zero-order chi connectivity index (χ0) is 75.9. The molecule has 3 heteroatoms. The fourth-order valence-electron chi connectivity index (χ4n) is 15.0. The Morgan fingerprint density at radius 2 is 0.472 bits per heavy atom. The summed E-state index contributed by atoms with van der Waals surface area (Å²) in [4.78, 5) is 0. The molecule has 0 unspecified atom stereocenters. The van der Waals surface area contributed by atoms with Gasteiger partial charge in [0.15, 0.2) is 0 Å². The molecule has 1 aliphatic rings. The van der Waals surface area contributed by atoms with E-state index in [2.05, 4.69) is 153 Å². The van der Waals surface area contributed by atoms with Crippen molar-refractivity contribution in [3.8, 4) is 0 Å². The van der Waals surface area contributed by atoms with Gasteiger partial charge in [0.1, 0.15) is 0 Å². The van der Waals surface area contributed by atoms with E-state index >= 15 is 0 Å². The van der Waals surface area contributed by atoms with Crippen LogP contribution in [0.4, 0.5) is 0 Å². The molecule has 0 saturated carbocycles. The number of rotatable bonds is 74.